The lowest BCUT2D eigenvalue weighted by Gasteiger charge is -2.25. The normalized spacial score (nSPS) is 11.3. The summed E-state index contributed by atoms with van der Waals surface area (Å²) in [5, 5.41) is 5.33. The number of hydrogen-bond donors (Lipinski definition) is 2. The largest absolute Gasteiger partial charge is 0.347 e. The predicted molar refractivity (Wildman–Crippen MR) is 102 cm³/mol. The van der Waals surface area contributed by atoms with Crippen molar-refractivity contribution < 1.29 is 14.0 Å². The summed E-state index contributed by atoms with van der Waals surface area (Å²) in [7, 11) is 0. The molecule has 26 heavy (non-hydrogen) atoms. The average Bonchev–Trinajstić information content (AvgIpc) is 2.60. The molecule has 0 bridgehead atoms. The molecule has 0 radical (unpaired) electrons. The average molecular weight is 356 g/mol. The first-order valence-corrected chi connectivity index (χ1v) is 8.65. The Bertz CT molecular complexity index is 783. The van der Waals surface area contributed by atoms with Crippen molar-refractivity contribution in [2.75, 3.05) is 11.9 Å². The molecule has 2 rings (SSSR count). The molecule has 2 N–H and O–H groups in total. The first-order chi connectivity index (χ1) is 12.2. The van der Waals surface area contributed by atoms with Crippen LogP contribution in [-0.4, -0.2) is 18.4 Å². The molecule has 5 heteroatoms. The zero-order valence-electron chi connectivity index (χ0n) is 15.6. The van der Waals surface area contributed by atoms with E-state index in [1.807, 2.05) is 45.9 Å². The van der Waals surface area contributed by atoms with Crippen molar-refractivity contribution in [2.24, 2.45) is 0 Å². The van der Waals surface area contributed by atoms with Crippen LogP contribution in [0.4, 0.5) is 10.1 Å². The van der Waals surface area contributed by atoms with E-state index in [0.29, 0.717) is 5.69 Å². The van der Waals surface area contributed by atoms with Crippen molar-refractivity contribution in [3.8, 4) is 0 Å². The van der Waals surface area contributed by atoms with Crippen molar-refractivity contribution in [2.45, 2.75) is 39.0 Å². The van der Waals surface area contributed by atoms with E-state index in [9.17, 15) is 14.0 Å². The molecule has 0 saturated carbocycles. The van der Waals surface area contributed by atoms with E-state index in [1.165, 1.54) is 12.1 Å². The maximum Gasteiger partial charge on any atom is 0.313 e. The molecule has 0 aromatic heterocycles. The number of halogens is 1. The zero-order chi connectivity index (χ0) is 19.3. The summed E-state index contributed by atoms with van der Waals surface area (Å²) in [4.78, 5) is 24.4. The van der Waals surface area contributed by atoms with E-state index in [2.05, 4.69) is 10.6 Å². The van der Waals surface area contributed by atoms with Gasteiger partial charge in [-0.25, -0.2) is 4.39 Å². The standard InChI is InChI=1S/C21H25FN2O2/c1-14(2)17-7-5-6-8-18(17)24-20(26)19(25)23-13-21(3,4)15-9-11-16(22)12-10-15/h5-12,14H,13H2,1-4H3,(H,23,25)(H,24,26). The fourth-order valence-corrected chi connectivity index (χ4v) is 2.68. The van der Waals surface area contributed by atoms with Crippen LogP contribution in [-0.2, 0) is 15.0 Å². The highest BCUT2D eigenvalue weighted by Gasteiger charge is 2.24. The summed E-state index contributed by atoms with van der Waals surface area (Å²) in [5.74, 6) is -1.48. The van der Waals surface area contributed by atoms with Crippen LogP contribution in [0.1, 0.15) is 44.7 Å². The lowest BCUT2D eigenvalue weighted by molar-refractivity contribution is -0.136. The van der Waals surface area contributed by atoms with Crippen LogP contribution in [0.5, 0.6) is 0 Å². The van der Waals surface area contributed by atoms with Gasteiger partial charge in [-0.1, -0.05) is 58.0 Å². The molecular formula is C21H25FN2O2. The minimum atomic E-state index is -0.701. The van der Waals surface area contributed by atoms with Crippen molar-refractivity contribution in [3.05, 3.63) is 65.5 Å². The maximum absolute atomic E-state index is 13.1. The molecule has 0 spiro atoms. The Morgan fingerprint density at radius 2 is 1.62 bits per heavy atom. The van der Waals surface area contributed by atoms with Gasteiger partial charge in [-0.15, -0.1) is 0 Å². The van der Waals surface area contributed by atoms with E-state index in [-0.39, 0.29) is 18.3 Å². The number of carbonyl (C=O) groups is 2. The molecule has 0 heterocycles. The lowest BCUT2D eigenvalue weighted by atomic mass is 9.84. The molecule has 0 saturated heterocycles. The van der Waals surface area contributed by atoms with Gasteiger partial charge in [0.25, 0.3) is 0 Å². The maximum atomic E-state index is 13.1. The molecule has 138 valence electrons. The van der Waals surface area contributed by atoms with Gasteiger partial charge in [-0.3, -0.25) is 9.59 Å². The first kappa shape index (κ1) is 19.6. The highest BCUT2D eigenvalue weighted by atomic mass is 19.1. The van der Waals surface area contributed by atoms with Crippen molar-refractivity contribution in [3.63, 3.8) is 0 Å². The quantitative estimate of drug-likeness (QED) is 0.796. The van der Waals surface area contributed by atoms with Crippen LogP contribution in [0.15, 0.2) is 48.5 Å². The number of benzene rings is 2. The molecular weight excluding hydrogens is 331 g/mol. The number of hydrogen-bond acceptors (Lipinski definition) is 2. The SMILES string of the molecule is CC(C)c1ccccc1NC(=O)C(=O)NCC(C)(C)c1ccc(F)cc1. The van der Waals surface area contributed by atoms with Crippen LogP contribution in [0.2, 0.25) is 0 Å². The van der Waals surface area contributed by atoms with Gasteiger partial charge < -0.3 is 10.6 Å². The molecule has 0 atom stereocenters. The van der Waals surface area contributed by atoms with E-state index in [1.54, 1.807) is 18.2 Å². The molecule has 4 nitrogen and oxygen atoms in total. The highest BCUT2D eigenvalue weighted by Crippen LogP contribution is 2.24. The second-order valence-corrected chi connectivity index (χ2v) is 7.27. The second-order valence-electron chi connectivity index (χ2n) is 7.27. The third kappa shape index (κ3) is 4.91. The molecule has 0 fully saturated rings. The van der Waals surface area contributed by atoms with Gasteiger partial charge in [0.05, 0.1) is 0 Å². The molecule has 2 amide bonds. The number of amides is 2. The fraction of sp³-hybridized carbons (Fsp3) is 0.333. The van der Waals surface area contributed by atoms with Crippen molar-refractivity contribution >= 4 is 17.5 Å². The fourth-order valence-electron chi connectivity index (χ4n) is 2.68. The third-order valence-electron chi connectivity index (χ3n) is 4.35. The Balaban J connectivity index is 1.99. The zero-order valence-corrected chi connectivity index (χ0v) is 15.6. The van der Waals surface area contributed by atoms with Crippen LogP contribution >= 0.6 is 0 Å². The molecule has 0 aliphatic carbocycles. The molecule has 2 aromatic carbocycles. The van der Waals surface area contributed by atoms with Gasteiger partial charge in [-0.2, -0.15) is 0 Å². The molecule has 2 aromatic rings. The van der Waals surface area contributed by atoms with Gasteiger partial charge in [0.15, 0.2) is 0 Å². The van der Waals surface area contributed by atoms with Crippen LogP contribution < -0.4 is 10.6 Å². The number of nitrogens with one attached hydrogen (secondary N) is 2. The van der Waals surface area contributed by atoms with Gasteiger partial charge in [0, 0.05) is 17.6 Å². The molecule has 0 unspecified atom stereocenters. The van der Waals surface area contributed by atoms with E-state index >= 15 is 0 Å². The van der Waals surface area contributed by atoms with Gasteiger partial charge in [0.2, 0.25) is 0 Å². The Kier molecular flexibility index (Phi) is 6.14. The van der Waals surface area contributed by atoms with E-state index in [4.69, 9.17) is 0 Å². The number of anilines is 1. The highest BCUT2D eigenvalue weighted by molar-refractivity contribution is 6.39. The monoisotopic (exact) mass is 356 g/mol. The Morgan fingerprint density at radius 1 is 1.00 bits per heavy atom. The third-order valence-corrected chi connectivity index (χ3v) is 4.35. The number of carbonyl (C=O) groups excluding carboxylic acids is 2. The summed E-state index contributed by atoms with van der Waals surface area (Å²) in [6.45, 7) is 8.15. The van der Waals surface area contributed by atoms with Crippen LogP contribution in [0, 0.1) is 5.82 Å². The minimum absolute atomic E-state index is 0.229. The Labute approximate surface area is 153 Å². The van der Waals surface area contributed by atoms with Gasteiger partial charge >= 0.3 is 11.8 Å². The Hall–Kier alpha value is -2.69. The number of para-hydroxylation sites is 1. The molecule has 0 aliphatic rings. The summed E-state index contributed by atoms with van der Waals surface area (Å²) in [6.07, 6.45) is 0. The van der Waals surface area contributed by atoms with Gasteiger partial charge in [0.1, 0.15) is 5.82 Å². The second kappa shape index (κ2) is 8.13. The predicted octanol–water partition coefficient (Wildman–Crippen LogP) is 3.98. The lowest BCUT2D eigenvalue weighted by Crippen LogP contribution is -2.42. The Morgan fingerprint density at radius 3 is 2.23 bits per heavy atom. The van der Waals surface area contributed by atoms with Crippen LogP contribution in [0.25, 0.3) is 0 Å². The van der Waals surface area contributed by atoms with Crippen molar-refractivity contribution in [1.82, 2.24) is 5.32 Å². The smallest absolute Gasteiger partial charge is 0.313 e. The first-order valence-electron chi connectivity index (χ1n) is 8.65. The summed E-state index contributed by atoms with van der Waals surface area (Å²) >= 11 is 0. The van der Waals surface area contributed by atoms with Crippen molar-refractivity contribution in [1.29, 1.82) is 0 Å². The number of rotatable bonds is 5. The van der Waals surface area contributed by atoms with E-state index in [0.717, 1.165) is 11.1 Å². The molecule has 0 aliphatic heterocycles. The summed E-state index contributed by atoms with van der Waals surface area (Å²) < 4.78 is 13.1. The minimum Gasteiger partial charge on any atom is -0.347 e. The van der Waals surface area contributed by atoms with Gasteiger partial charge in [-0.05, 0) is 35.2 Å². The summed E-state index contributed by atoms with van der Waals surface area (Å²) in [5.41, 5.74) is 2.06. The summed E-state index contributed by atoms with van der Waals surface area (Å²) in [6, 6.07) is 13.6. The topological polar surface area (TPSA) is 58.2 Å². The van der Waals surface area contributed by atoms with E-state index < -0.39 is 17.2 Å². The van der Waals surface area contributed by atoms with Crippen LogP contribution in [0.3, 0.4) is 0 Å².